The second-order valence-corrected chi connectivity index (χ2v) is 6.28. The molecule has 0 aliphatic carbocycles. The Kier molecular flexibility index (Phi) is 6.11. The predicted octanol–water partition coefficient (Wildman–Crippen LogP) is 3.92. The van der Waals surface area contributed by atoms with Gasteiger partial charge in [-0.15, -0.1) is 0 Å². The molecule has 0 radical (unpaired) electrons. The van der Waals surface area contributed by atoms with Crippen molar-refractivity contribution in [3.63, 3.8) is 0 Å². The Labute approximate surface area is 166 Å². The molecule has 1 amide bonds. The monoisotopic (exact) mass is 402 g/mol. The summed E-state index contributed by atoms with van der Waals surface area (Å²) in [6, 6.07) is 8.55. The maximum Gasteiger partial charge on any atom is 0.257 e. The summed E-state index contributed by atoms with van der Waals surface area (Å²) in [4.78, 5) is 12.7. The number of hydrogen-bond donors (Lipinski definition) is 1. The van der Waals surface area contributed by atoms with Crippen LogP contribution in [0.2, 0.25) is 0 Å². The van der Waals surface area contributed by atoms with E-state index in [9.17, 15) is 13.6 Å². The largest absolute Gasteiger partial charge is 0.493 e. The van der Waals surface area contributed by atoms with E-state index < -0.39 is 17.5 Å². The molecule has 1 heterocycles. The molecule has 0 aliphatic rings. The fourth-order valence-electron chi connectivity index (χ4n) is 2.95. The van der Waals surface area contributed by atoms with Crippen molar-refractivity contribution in [2.45, 2.75) is 13.3 Å². The van der Waals surface area contributed by atoms with Crippen molar-refractivity contribution in [3.05, 3.63) is 64.9 Å². The van der Waals surface area contributed by atoms with Crippen LogP contribution in [0.25, 0.3) is 11.3 Å². The Bertz CT molecular complexity index is 1030. The summed E-state index contributed by atoms with van der Waals surface area (Å²) in [5.41, 5.74) is 1.08. The van der Waals surface area contributed by atoms with Crippen LogP contribution in [0.3, 0.4) is 0 Å². The quantitative estimate of drug-likeness (QED) is 0.649. The van der Waals surface area contributed by atoms with Gasteiger partial charge in [-0.2, -0.15) is 0 Å². The van der Waals surface area contributed by atoms with Crippen LogP contribution in [0.4, 0.5) is 8.78 Å². The minimum atomic E-state index is -0.822. The van der Waals surface area contributed by atoms with E-state index >= 15 is 0 Å². The number of methoxy groups -OCH3 is 2. The Morgan fingerprint density at radius 1 is 1.10 bits per heavy atom. The minimum Gasteiger partial charge on any atom is -0.493 e. The second kappa shape index (κ2) is 8.72. The van der Waals surface area contributed by atoms with Crippen molar-refractivity contribution >= 4 is 5.91 Å². The standard InChI is InChI=1S/C21H20F2N2O4/c1-12-19(20(25-29-12)15-6-5-14(22)11-16(15)23)21(26)24-9-8-13-4-7-17(27-2)18(10-13)28-3/h4-7,10-11H,8-9H2,1-3H3,(H,24,26). The zero-order valence-electron chi connectivity index (χ0n) is 16.2. The molecular formula is C21H20F2N2O4. The first-order valence-electron chi connectivity index (χ1n) is 8.85. The highest BCUT2D eigenvalue weighted by molar-refractivity contribution is 6.00. The number of aryl methyl sites for hydroxylation is 1. The number of aromatic nitrogens is 1. The molecule has 3 aromatic rings. The molecule has 0 saturated heterocycles. The first kappa shape index (κ1) is 20.3. The summed E-state index contributed by atoms with van der Waals surface area (Å²) >= 11 is 0. The van der Waals surface area contributed by atoms with Crippen LogP contribution in [0.15, 0.2) is 40.9 Å². The van der Waals surface area contributed by atoms with Crippen LogP contribution in [-0.2, 0) is 6.42 Å². The molecule has 0 saturated carbocycles. The SMILES string of the molecule is COc1ccc(CCNC(=O)c2c(-c3ccc(F)cc3F)noc2C)cc1OC. The van der Waals surface area contributed by atoms with Crippen LogP contribution in [0, 0.1) is 18.6 Å². The molecule has 0 spiro atoms. The molecule has 3 rings (SSSR count). The van der Waals surface area contributed by atoms with Gasteiger partial charge in [0, 0.05) is 18.2 Å². The number of rotatable bonds is 7. The van der Waals surface area contributed by atoms with E-state index in [1.54, 1.807) is 27.2 Å². The fourth-order valence-corrected chi connectivity index (χ4v) is 2.95. The van der Waals surface area contributed by atoms with Gasteiger partial charge in [-0.3, -0.25) is 4.79 Å². The van der Waals surface area contributed by atoms with E-state index in [0.717, 1.165) is 17.7 Å². The van der Waals surface area contributed by atoms with E-state index in [-0.39, 0.29) is 22.6 Å². The molecule has 29 heavy (non-hydrogen) atoms. The van der Waals surface area contributed by atoms with Gasteiger partial charge in [-0.05, 0) is 43.2 Å². The number of hydrogen-bond acceptors (Lipinski definition) is 5. The van der Waals surface area contributed by atoms with Gasteiger partial charge in [-0.25, -0.2) is 8.78 Å². The van der Waals surface area contributed by atoms with Gasteiger partial charge in [-0.1, -0.05) is 11.2 Å². The molecule has 6 nitrogen and oxygen atoms in total. The highest BCUT2D eigenvalue weighted by Gasteiger charge is 2.23. The van der Waals surface area contributed by atoms with Crippen molar-refractivity contribution in [1.29, 1.82) is 0 Å². The van der Waals surface area contributed by atoms with Crippen LogP contribution in [0.5, 0.6) is 11.5 Å². The average Bonchev–Trinajstić information content (AvgIpc) is 3.09. The van der Waals surface area contributed by atoms with Gasteiger partial charge in [0.15, 0.2) is 11.5 Å². The molecular weight excluding hydrogens is 382 g/mol. The van der Waals surface area contributed by atoms with Crippen LogP contribution >= 0.6 is 0 Å². The van der Waals surface area contributed by atoms with E-state index in [0.29, 0.717) is 24.5 Å². The van der Waals surface area contributed by atoms with E-state index in [1.165, 1.54) is 6.07 Å². The molecule has 0 atom stereocenters. The number of benzene rings is 2. The minimum absolute atomic E-state index is 0.00621. The summed E-state index contributed by atoms with van der Waals surface area (Å²) < 4.78 is 42.8. The fraction of sp³-hybridized carbons (Fsp3) is 0.238. The summed E-state index contributed by atoms with van der Waals surface area (Å²) in [6.45, 7) is 1.88. The molecule has 2 aromatic carbocycles. The van der Waals surface area contributed by atoms with Crippen molar-refractivity contribution < 1.29 is 27.6 Å². The van der Waals surface area contributed by atoms with Gasteiger partial charge >= 0.3 is 0 Å². The van der Waals surface area contributed by atoms with Gasteiger partial charge in [0.25, 0.3) is 5.91 Å². The topological polar surface area (TPSA) is 73.6 Å². The second-order valence-electron chi connectivity index (χ2n) is 6.28. The zero-order chi connectivity index (χ0) is 21.0. The lowest BCUT2D eigenvalue weighted by molar-refractivity contribution is 0.0953. The van der Waals surface area contributed by atoms with E-state index in [2.05, 4.69) is 10.5 Å². The number of carbonyl (C=O) groups is 1. The van der Waals surface area contributed by atoms with Crippen molar-refractivity contribution in [2.24, 2.45) is 0 Å². The predicted molar refractivity (Wildman–Crippen MR) is 102 cm³/mol. The Morgan fingerprint density at radius 2 is 1.86 bits per heavy atom. The molecule has 0 aliphatic heterocycles. The maximum atomic E-state index is 14.1. The lowest BCUT2D eigenvalue weighted by Crippen LogP contribution is -2.26. The molecule has 0 bridgehead atoms. The first-order chi connectivity index (χ1) is 13.9. The van der Waals surface area contributed by atoms with Crippen LogP contribution < -0.4 is 14.8 Å². The molecule has 1 N–H and O–H groups in total. The summed E-state index contributed by atoms with van der Waals surface area (Å²) in [6.07, 6.45) is 0.538. The summed E-state index contributed by atoms with van der Waals surface area (Å²) in [7, 11) is 3.11. The van der Waals surface area contributed by atoms with Crippen LogP contribution in [0.1, 0.15) is 21.7 Å². The van der Waals surface area contributed by atoms with Crippen LogP contribution in [-0.4, -0.2) is 31.8 Å². The molecule has 0 fully saturated rings. The van der Waals surface area contributed by atoms with Gasteiger partial charge in [0.2, 0.25) is 0 Å². The molecule has 8 heteroatoms. The highest BCUT2D eigenvalue weighted by Crippen LogP contribution is 2.29. The van der Waals surface area contributed by atoms with Gasteiger partial charge < -0.3 is 19.3 Å². The Morgan fingerprint density at radius 3 is 2.55 bits per heavy atom. The summed E-state index contributed by atoms with van der Waals surface area (Å²) in [5, 5.41) is 6.55. The number of halogens is 2. The lowest BCUT2D eigenvalue weighted by Gasteiger charge is -2.10. The maximum absolute atomic E-state index is 14.1. The van der Waals surface area contributed by atoms with E-state index in [1.807, 2.05) is 12.1 Å². The van der Waals surface area contributed by atoms with Crippen molar-refractivity contribution in [1.82, 2.24) is 10.5 Å². The molecule has 152 valence electrons. The van der Waals surface area contributed by atoms with Gasteiger partial charge in [0.05, 0.1) is 14.2 Å². The third-order valence-corrected chi connectivity index (χ3v) is 4.42. The van der Waals surface area contributed by atoms with E-state index in [4.69, 9.17) is 14.0 Å². The number of ether oxygens (including phenoxy) is 2. The molecule has 0 unspecified atom stereocenters. The smallest absolute Gasteiger partial charge is 0.257 e. The normalized spacial score (nSPS) is 10.7. The number of carbonyl (C=O) groups excluding carboxylic acids is 1. The zero-order valence-corrected chi connectivity index (χ0v) is 16.2. The number of nitrogens with zero attached hydrogens (tertiary/aromatic N) is 1. The molecule has 1 aromatic heterocycles. The third-order valence-electron chi connectivity index (χ3n) is 4.42. The van der Waals surface area contributed by atoms with Crippen molar-refractivity contribution in [3.8, 4) is 22.8 Å². The third kappa shape index (κ3) is 4.37. The number of nitrogens with one attached hydrogen (secondary N) is 1. The highest BCUT2D eigenvalue weighted by atomic mass is 19.1. The average molecular weight is 402 g/mol. The summed E-state index contributed by atoms with van der Waals surface area (Å²) in [5.74, 6) is -0.535. The first-order valence-corrected chi connectivity index (χ1v) is 8.85. The number of amides is 1. The Balaban J connectivity index is 1.73. The lowest BCUT2D eigenvalue weighted by atomic mass is 10.0. The van der Waals surface area contributed by atoms with Crippen molar-refractivity contribution in [2.75, 3.05) is 20.8 Å². The van der Waals surface area contributed by atoms with Gasteiger partial charge in [0.1, 0.15) is 28.7 Å². The Hall–Kier alpha value is -3.42.